The Morgan fingerprint density at radius 2 is 2.08 bits per heavy atom. The average Bonchev–Trinajstić information content (AvgIpc) is 3.04. The summed E-state index contributed by atoms with van der Waals surface area (Å²) in [6, 6.07) is 4.32. The van der Waals surface area contributed by atoms with Crippen LogP contribution in [-0.2, 0) is 16.1 Å². The number of furan rings is 1. The van der Waals surface area contributed by atoms with E-state index in [4.69, 9.17) is 9.15 Å². The van der Waals surface area contributed by atoms with Crippen LogP contribution in [-0.4, -0.2) is 60.9 Å². The molecule has 1 saturated heterocycles. The standard InChI is InChI=1S/C19H30N2O3S/c1-20(2)18(22)12-15-14-23-11-10-21(15)13-16-8-9-19(24-16)25-17-6-4-3-5-7-17/h8-9,15,17H,3-7,10-14H2,1-2H3/t15-/m1/s1. The van der Waals surface area contributed by atoms with Crippen molar-refractivity contribution >= 4 is 17.7 Å². The molecular formula is C19H30N2O3S. The van der Waals surface area contributed by atoms with Crippen LogP contribution in [0.3, 0.4) is 0 Å². The van der Waals surface area contributed by atoms with E-state index in [1.54, 1.807) is 19.0 Å². The number of ether oxygens (including phenoxy) is 1. The summed E-state index contributed by atoms with van der Waals surface area (Å²) in [5.74, 6) is 1.14. The van der Waals surface area contributed by atoms with Gasteiger partial charge in [-0.2, -0.15) is 0 Å². The van der Waals surface area contributed by atoms with E-state index in [9.17, 15) is 4.79 Å². The molecule has 2 fully saturated rings. The van der Waals surface area contributed by atoms with Gasteiger partial charge in [0.25, 0.3) is 0 Å². The Kier molecular flexibility index (Phi) is 6.84. The molecule has 0 aromatic carbocycles. The molecule has 0 radical (unpaired) electrons. The minimum atomic E-state index is 0.128. The second kappa shape index (κ2) is 9.10. The highest BCUT2D eigenvalue weighted by molar-refractivity contribution is 7.99. The minimum absolute atomic E-state index is 0.128. The van der Waals surface area contributed by atoms with Crippen LogP contribution < -0.4 is 0 Å². The third-order valence-corrected chi connectivity index (χ3v) is 6.35. The van der Waals surface area contributed by atoms with Crippen molar-refractivity contribution in [3.8, 4) is 0 Å². The lowest BCUT2D eigenvalue weighted by Crippen LogP contribution is -2.47. The number of carbonyl (C=O) groups is 1. The maximum Gasteiger partial charge on any atom is 0.223 e. The molecule has 2 aliphatic rings. The quantitative estimate of drug-likeness (QED) is 0.772. The fourth-order valence-electron chi connectivity index (χ4n) is 3.52. The topological polar surface area (TPSA) is 45.9 Å². The first kappa shape index (κ1) is 18.8. The smallest absolute Gasteiger partial charge is 0.223 e. The van der Waals surface area contributed by atoms with Crippen LogP contribution in [0.4, 0.5) is 0 Å². The second-order valence-corrected chi connectivity index (χ2v) is 8.59. The van der Waals surface area contributed by atoms with Gasteiger partial charge in [-0.1, -0.05) is 31.0 Å². The summed E-state index contributed by atoms with van der Waals surface area (Å²) >= 11 is 1.89. The van der Waals surface area contributed by atoms with E-state index in [1.165, 1.54) is 32.1 Å². The van der Waals surface area contributed by atoms with Gasteiger partial charge >= 0.3 is 0 Å². The molecule has 2 heterocycles. The third-order valence-electron chi connectivity index (χ3n) is 5.09. The Balaban J connectivity index is 1.55. The molecule has 1 aliphatic carbocycles. The molecule has 1 saturated carbocycles. The summed E-state index contributed by atoms with van der Waals surface area (Å²) in [5, 5.41) is 1.75. The van der Waals surface area contributed by atoms with Crippen LogP contribution in [0, 0.1) is 0 Å². The first-order valence-electron chi connectivity index (χ1n) is 9.39. The molecular weight excluding hydrogens is 336 g/mol. The number of rotatable bonds is 6. The van der Waals surface area contributed by atoms with Gasteiger partial charge in [0, 0.05) is 38.4 Å². The first-order valence-corrected chi connectivity index (χ1v) is 10.3. The van der Waals surface area contributed by atoms with Gasteiger partial charge in [-0.3, -0.25) is 9.69 Å². The number of nitrogens with zero attached hydrogens (tertiary/aromatic N) is 2. The predicted octanol–water partition coefficient (Wildman–Crippen LogP) is 3.38. The molecule has 5 nitrogen and oxygen atoms in total. The van der Waals surface area contributed by atoms with Gasteiger partial charge in [0.2, 0.25) is 5.91 Å². The number of thioether (sulfide) groups is 1. The zero-order chi connectivity index (χ0) is 17.6. The van der Waals surface area contributed by atoms with Crippen molar-refractivity contribution in [2.24, 2.45) is 0 Å². The van der Waals surface area contributed by atoms with Gasteiger partial charge in [-0.05, 0) is 25.0 Å². The first-order chi connectivity index (χ1) is 12.1. The summed E-state index contributed by atoms with van der Waals surface area (Å²) in [6.07, 6.45) is 7.18. The van der Waals surface area contributed by atoms with Crippen molar-refractivity contribution < 1.29 is 13.9 Å². The van der Waals surface area contributed by atoms with Crippen molar-refractivity contribution in [2.75, 3.05) is 33.9 Å². The van der Waals surface area contributed by atoms with Gasteiger partial charge in [-0.15, -0.1) is 0 Å². The molecule has 1 aliphatic heterocycles. The molecule has 0 unspecified atom stereocenters. The molecule has 6 heteroatoms. The minimum Gasteiger partial charge on any atom is -0.454 e. The van der Waals surface area contributed by atoms with Crippen LogP contribution in [0.15, 0.2) is 21.6 Å². The SMILES string of the molecule is CN(C)C(=O)C[C@@H]1COCCN1Cc1ccc(SC2CCCCC2)o1. The maximum absolute atomic E-state index is 12.1. The van der Waals surface area contributed by atoms with Gasteiger partial charge in [0.1, 0.15) is 5.76 Å². The van der Waals surface area contributed by atoms with Gasteiger partial charge < -0.3 is 14.1 Å². The molecule has 1 aromatic heterocycles. The lowest BCUT2D eigenvalue weighted by molar-refractivity contribution is -0.132. The highest BCUT2D eigenvalue weighted by atomic mass is 32.2. The Hall–Kier alpha value is -0.980. The molecule has 3 rings (SSSR count). The van der Waals surface area contributed by atoms with Crippen LogP contribution in [0.25, 0.3) is 0 Å². The normalized spacial score (nSPS) is 22.9. The van der Waals surface area contributed by atoms with Crippen LogP contribution in [0.2, 0.25) is 0 Å². The van der Waals surface area contributed by atoms with Crippen LogP contribution in [0.5, 0.6) is 0 Å². The summed E-state index contributed by atoms with van der Waals surface area (Å²) in [6.45, 7) is 2.93. The number of carbonyl (C=O) groups excluding carboxylic acids is 1. The number of hydrogen-bond acceptors (Lipinski definition) is 5. The summed E-state index contributed by atoms with van der Waals surface area (Å²) in [4.78, 5) is 16.0. The summed E-state index contributed by atoms with van der Waals surface area (Å²) in [5.41, 5.74) is 0. The molecule has 0 spiro atoms. The average molecular weight is 367 g/mol. The van der Waals surface area contributed by atoms with Crippen molar-refractivity contribution in [3.63, 3.8) is 0 Å². The van der Waals surface area contributed by atoms with Crippen molar-refractivity contribution in [2.45, 2.75) is 61.5 Å². The zero-order valence-corrected chi connectivity index (χ0v) is 16.2. The molecule has 25 heavy (non-hydrogen) atoms. The predicted molar refractivity (Wildman–Crippen MR) is 99.8 cm³/mol. The van der Waals surface area contributed by atoms with Crippen molar-refractivity contribution in [1.82, 2.24) is 9.80 Å². The molecule has 1 aromatic rings. The van der Waals surface area contributed by atoms with Crippen LogP contribution >= 0.6 is 11.8 Å². The highest BCUT2D eigenvalue weighted by Crippen LogP contribution is 2.34. The highest BCUT2D eigenvalue weighted by Gasteiger charge is 2.27. The number of morpholine rings is 1. The van der Waals surface area contributed by atoms with Gasteiger partial charge in [-0.25, -0.2) is 0 Å². The van der Waals surface area contributed by atoms with Gasteiger partial charge in [0.15, 0.2) is 5.09 Å². The van der Waals surface area contributed by atoms with E-state index in [1.807, 2.05) is 11.8 Å². The van der Waals surface area contributed by atoms with E-state index >= 15 is 0 Å². The van der Waals surface area contributed by atoms with E-state index in [0.717, 1.165) is 30.5 Å². The van der Waals surface area contributed by atoms with Crippen molar-refractivity contribution in [3.05, 3.63) is 17.9 Å². The third kappa shape index (κ3) is 5.50. The molecule has 0 N–H and O–H groups in total. The maximum atomic E-state index is 12.1. The number of amides is 1. The fraction of sp³-hybridized carbons (Fsp3) is 0.737. The van der Waals surface area contributed by atoms with E-state index < -0.39 is 0 Å². The lowest BCUT2D eigenvalue weighted by atomic mass is 10.0. The Morgan fingerprint density at radius 1 is 1.28 bits per heavy atom. The fourth-order valence-corrected chi connectivity index (χ4v) is 4.72. The van der Waals surface area contributed by atoms with Crippen molar-refractivity contribution in [1.29, 1.82) is 0 Å². The Bertz CT molecular complexity index is 555. The van der Waals surface area contributed by atoms with E-state index in [2.05, 4.69) is 17.0 Å². The molecule has 1 amide bonds. The summed E-state index contributed by atoms with van der Waals surface area (Å²) in [7, 11) is 3.61. The summed E-state index contributed by atoms with van der Waals surface area (Å²) < 4.78 is 11.7. The Labute approximate surface area is 155 Å². The second-order valence-electron chi connectivity index (χ2n) is 7.29. The van der Waals surface area contributed by atoms with Gasteiger partial charge in [0.05, 0.1) is 19.8 Å². The number of hydrogen-bond donors (Lipinski definition) is 0. The largest absolute Gasteiger partial charge is 0.454 e. The monoisotopic (exact) mass is 366 g/mol. The van der Waals surface area contributed by atoms with E-state index in [-0.39, 0.29) is 11.9 Å². The van der Waals surface area contributed by atoms with E-state index in [0.29, 0.717) is 18.3 Å². The zero-order valence-electron chi connectivity index (χ0n) is 15.4. The molecule has 1 atom stereocenters. The molecule has 140 valence electrons. The van der Waals surface area contributed by atoms with Crippen LogP contribution in [0.1, 0.15) is 44.3 Å². The lowest BCUT2D eigenvalue weighted by Gasteiger charge is -2.35. The Morgan fingerprint density at radius 3 is 2.84 bits per heavy atom. The molecule has 0 bridgehead atoms.